The normalized spacial score (nSPS) is 29.5. The maximum absolute atomic E-state index is 9.79. The first-order valence-corrected chi connectivity index (χ1v) is 4.76. The SMILES string of the molecule is C1CC2CCOC2O1.CC.COF. The molecule has 0 atom stereocenters. The zero-order valence-corrected chi connectivity index (χ0v) is 8.59. The van der Waals surface area contributed by atoms with E-state index in [2.05, 4.69) is 4.94 Å². The Balaban J connectivity index is 0.000000251. The first-order valence-electron chi connectivity index (χ1n) is 4.76. The van der Waals surface area contributed by atoms with Crippen LogP contribution in [0.3, 0.4) is 0 Å². The molecule has 13 heavy (non-hydrogen) atoms. The molecular weight excluding hydrogens is 175 g/mol. The van der Waals surface area contributed by atoms with E-state index in [1.807, 2.05) is 13.8 Å². The maximum Gasteiger partial charge on any atom is 0.160 e. The van der Waals surface area contributed by atoms with Crippen LogP contribution >= 0.6 is 0 Å². The van der Waals surface area contributed by atoms with Crippen LogP contribution in [0.15, 0.2) is 0 Å². The van der Waals surface area contributed by atoms with Gasteiger partial charge < -0.3 is 9.47 Å². The molecule has 2 heterocycles. The summed E-state index contributed by atoms with van der Waals surface area (Å²) in [7, 11) is 0.958. The minimum Gasteiger partial charge on any atom is -0.352 e. The molecule has 2 fully saturated rings. The summed E-state index contributed by atoms with van der Waals surface area (Å²) in [6.07, 6.45) is 2.60. The lowest BCUT2D eigenvalue weighted by Gasteiger charge is -2.03. The largest absolute Gasteiger partial charge is 0.352 e. The van der Waals surface area contributed by atoms with Crippen molar-refractivity contribution in [3.63, 3.8) is 0 Å². The highest BCUT2D eigenvalue weighted by Crippen LogP contribution is 2.30. The van der Waals surface area contributed by atoms with Crippen molar-refractivity contribution in [3.8, 4) is 0 Å². The van der Waals surface area contributed by atoms with Gasteiger partial charge in [0.2, 0.25) is 0 Å². The van der Waals surface area contributed by atoms with Crippen LogP contribution in [0.5, 0.6) is 0 Å². The van der Waals surface area contributed by atoms with Crippen LogP contribution in [-0.2, 0) is 14.4 Å². The first kappa shape index (κ1) is 12.8. The van der Waals surface area contributed by atoms with Crippen LogP contribution in [0.4, 0.5) is 4.53 Å². The highest BCUT2D eigenvalue weighted by molar-refractivity contribution is 4.73. The lowest BCUT2D eigenvalue weighted by Crippen LogP contribution is -2.08. The van der Waals surface area contributed by atoms with Gasteiger partial charge in [-0.15, -0.1) is 0 Å². The molecule has 0 N–H and O–H groups in total. The van der Waals surface area contributed by atoms with Gasteiger partial charge in [0.25, 0.3) is 0 Å². The molecule has 0 aliphatic carbocycles. The average molecular weight is 194 g/mol. The molecule has 0 unspecified atom stereocenters. The molecule has 2 rings (SSSR count). The molecule has 2 aliphatic rings. The lowest BCUT2D eigenvalue weighted by atomic mass is 10.1. The number of hydrogen-bond acceptors (Lipinski definition) is 3. The van der Waals surface area contributed by atoms with E-state index in [9.17, 15) is 4.53 Å². The lowest BCUT2D eigenvalue weighted by molar-refractivity contribution is -0.0960. The monoisotopic (exact) mass is 194 g/mol. The van der Waals surface area contributed by atoms with Crippen LogP contribution in [0.25, 0.3) is 0 Å². The summed E-state index contributed by atoms with van der Waals surface area (Å²) in [6, 6.07) is 0. The summed E-state index contributed by atoms with van der Waals surface area (Å²) in [6.45, 7) is 5.82. The van der Waals surface area contributed by atoms with E-state index in [1.165, 1.54) is 12.8 Å². The Hall–Kier alpha value is -0.190. The first-order chi connectivity index (χ1) is 6.38. The van der Waals surface area contributed by atoms with Gasteiger partial charge in [0.1, 0.15) is 0 Å². The number of hydrogen-bond donors (Lipinski definition) is 0. The van der Waals surface area contributed by atoms with E-state index in [0.717, 1.165) is 26.2 Å². The second-order valence-corrected chi connectivity index (χ2v) is 2.60. The van der Waals surface area contributed by atoms with Crippen LogP contribution in [-0.4, -0.2) is 26.6 Å². The Morgan fingerprint density at radius 1 is 1.15 bits per heavy atom. The van der Waals surface area contributed by atoms with Crippen molar-refractivity contribution in [1.82, 2.24) is 0 Å². The van der Waals surface area contributed by atoms with Gasteiger partial charge >= 0.3 is 0 Å². The van der Waals surface area contributed by atoms with Crippen molar-refractivity contribution >= 4 is 0 Å². The van der Waals surface area contributed by atoms with Crippen LogP contribution in [0.1, 0.15) is 26.7 Å². The topological polar surface area (TPSA) is 27.7 Å². The molecule has 0 aromatic carbocycles. The predicted octanol–water partition coefficient (Wildman–Crippen LogP) is 2.31. The van der Waals surface area contributed by atoms with E-state index in [0.29, 0.717) is 0 Å². The predicted molar refractivity (Wildman–Crippen MR) is 47.9 cm³/mol. The standard InChI is InChI=1S/C6H10O2.C2H6.CH3FO/c1-3-7-6-5(1)2-4-8-6;1-2;1-3-2/h5-6H,1-4H2;1-2H3;1H3. The molecule has 0 bridgehead atoms. The van der Waals surface area contributed by atoms with Crippen LogP contribution in [0.2, 0.25) is 0 Å². The molecule has 2 saturated heterocycles. The number of rotatable bonds is 0. The number of ether oxygens (including phenoxy) is 2. The zero-order chi connectivity index (χ0) is 10.1. The number of halogens is 1. The summed E-state index contributed by atoms with van der Waals surface area (Å²) >= 11 is 0. The van der Waals surface area contributed by atoms with E-state index in [-0.39, 0.29) is 6.29 Å². The van der Waals surface area contributed by atoms with Crippen molar-refractivity contribution in [3.05, 3.63) is 0 Å². The highest BCUT2D eigenvalue weighted by atomic mass is 19.3. The molecular formula is C9H19FO3. The quantitative estimate of drug-likeness (QED) is 0.592. The fourth-order valence-corrected chi connectivity index (χ4v) is 1.41. The third-order valence-electron chi connectivity index (χ3n) is 1.93. The van der Waals surface area contributed by atoms with E-state index in [4.69, 9.17) is 9.47 Å². The van der Waals surface area contributed by atoms with Gasteiger partial charge in [-0.1, -0.05) is 13.8 Å². The molecule has 0 aromatic heterocycles. The zero-order valence-electron chi connectivity index (χ0n) is 8.59. The fourth-order valence-electron chi connectivity index (χ4n) is 1.41. The summed E-state index contributed by atoms with van der Waals surface area (Å²) in [5.74, 6) is 0.731. The third-order valence-corrected chi connectivity index (χ3v) is 1.93. The minimum atomic E-state index is 0.176. The van der Waals surface area contributed by atoms with Crippen molar-refractivity contribution < 1.29 is 18.9 Å². The molecule has 2 aliphatic heterocycles. The van der Waals surface area contributed by atoms with Crippen molar-refractivity contribution in [2.24, 2.45) is 5.92 Å². The second-order valence-electron chi connectivity index (χ2n) is 2.60. The average Bonchev–Trinajstić information content (AvgIpc) is 2.69. The smallest absolute Gasteiger partial charge is 0.160 e. The minimum absolute atomic E-state index is 0.176. The van der Waals surface area contributed by atoms with Gasteiger partial charge in [0.05, 0.1) is 20.3 Å². The van der Waals surface area contributed by atoms with Gasteiger partial charge in [-0.3, -0.25) is 0 Å². The fraction of sp³-hybridized carbons (Fsp3) is 1.00. The Bertz CT molecular complexity index is 91.0. The van der Waals surface area contributed by atoms with Crippen molar-refractivity contribution in [2.45, 2.75) is 33.0 Å². The molecule has 0 amide bonds. The Labute approximate surface area is 79.1 Å². The Morgan fingerprint density at radius 3 is 1.85 bits per heavy atom. The Kier molecular flexibility index (Phi) is 8.29. The van der Waals surface area contributed by atoms with Crippen molar-refractivity contribution in [2.75, 3.05) is 20.3 Å². The molecule has 0 aromatic rings. The second kappa shape index (κ2) is 8.41. The molecule has 80 valence electrons. The van der Waals surface area contributed by atoms with E-state index >= 15 is 0 Å². The summed E-state index contributed by atoms with van der Waals surface area (Å²) in [5.41, 5.74) is 0. The third kappa shape index (κ3) is 4.55. The summed E-state index contributed by atoms with van der Waals surface area (Å²) in [5, 5.41) is 0. The van der Waals surface area contributed by atoms with Gasteiger partial charge in [-0.05, 0) is 17.4 Å². The van der Waals surface area contributed by atoms with E-state index in [1.54, 1.807) is 0 Å². The molecule has 0 saturated carbocycles. The maximum atomic E-state index is 9.79. The molecule has 4 heteroatoms. The molecule has 0 spiro atoms. The molecule has 0 radical (unpaired) electrons. The summed E-state index contributed by atoms with van der Waals surface area (Å²) in [4.78, 5) is 2.75. The van der Waals surface area contributed by atoms with Gasteiger partial charge in [0, 0.05) is 5.92 Å². The molecule has 3 nitrogen and oxygen atoms in total. The van der Waals surface area contributed by atoms with Crippen molar-refractivity contribution in [1.29, 1.82) is 0 Å². The van der Waals surface area contributed by atoms with Gasteiger partial charge in [-0.25, -0.2) is 0 Å². The number of fused-ring (bicyclic) bond motifs is 1. The van der Waals surface area contributed by atoms with Crippen LogP contribution < -0.4 is 0 Å². The summed E-state index contributed by atoms with van der Waals surface area (Å²) < 4.78 is 20.3. The van der Waals surface area contributed by atoms with E-state index < -0.39 is 0 Å². The van der Waals surface area contributed by atoms with Gasteiger partial charge in [-0.2, -0.15) is 4.94 Å². The highest BCUT2D eigenvalue weighted by Gasteiger charge is 2.33. The Morgan fingerprint density at radius 2 is 1.54 bits per heavy atom. The van der Waals surface area contributed by atoms with Gasteiger partial charge in [0.15, 0.2) is 6.29 Å². The van der Waals surface area contributed by atoms with Crippen LogP contribution in [0, 0.1) is 5.92 Å².